The van der Waals surface area contributed by atoms with Gasteiger partial charge in [0.2, 0.25) is 11.8 Å². The molecule has 0 aromatic rings. The van der Waals surface area contributed by atoms with Crippen molar-refractivity contribution in [3.8, 4) is 0 Å². The number of nitrogens with two attached hydrogens (primary N) is 1. The van der Waals surface area contributed by atoms with Crippen molar-refractivity contribution in [2.75, 3.05) is 26.2 Å². The summed E-state index contributed by atoms with van der Waals surface area (Å²) in [5.74, 6) is 1.27. The molecule has 5 heteroatoms. The molecule has 0 aromatic carbocycles. The van der Waals surface area contributed by atoms with Crippen molar-refractivity contribution in [1.82, 2.24) is 9.80 Å². The second kappa shape index (κ2) is 7.65. The zero-order chi connectivity index (χ0) is 16.2. The lowest BCUT2D eigenvalue weighted by Crippen LogP contribution is -2.52. The van der Waals surface area contributed by atoms with Crippen LogP contribution in [0.15, 0.2) is 0 Å². The maximum absolute atomic E-state index is 12.5. The molecule has 0 aromatic heterocycles. The fourth-order valence-electron chi connectivity index (χ4n) is 4.44. The quantitative estimate of drug-likeness (QED) is 0.861. The first kappa shape index (κ1) is 16.7. The summed E-state index contributed by atoms with van der Waals surface area (Å²) in [5, 5.41) is 0. The second-order valence-corrected chi connectivity index (χ2v) is 7.68. The van der Waals surface area contributed by atoms with Crippen LogP contribution in [-0.4, -0.2) is 53.8 Å². The van der Waals surface area contributed by atoms with E-state index in [2.05, 4.69) is 0 Å². The van der Waals surface area contributed by atoms with Gasteiger partial charge in [0.1, 0.15) is 0 Å². The lowest BCUT2D eigenvalue weighted by Gasteiger charge is -2.36. The molecule has 3 rings (SSSR count). The van der Waals surface area contributed by atoms with Gasteiger partial charge < -0.3 is 15.5 Å². The number of amides is 2. The molecule has 2 unspecified atom stereocenters. The van der Waals surface area contributed by atoms with Crippen LogP contribution in [0.3, 0.4) is 0 Å². The van der Waals surface area contributed by atoms with Crippen molar-refractivity contribution in [3.63, 3.8) is 0 Å². The molecule has 23 heavy (non-hydrogen) atoms. The van der Waals surface area contributed by atoms with E-state index in [0.717, 1.165) is 19.3 Å². The average molecular weight is 321 g/mol. The van der Waals surface area contributed by atoms with Gasteiger partial charge in [-0.1, -0.05) is 19.3 Å². The Morgan fingerprint density at radius 2 is 1.52 bits per heavy atom. The Morgan fingerprint density at radius 1 is 0.870 bits per heavy atom. The standard InChI is InChI=1S/C18H31N3O2/c19-16-7-6-15(13-16)18(23)21-10-8-20(9-11-21)17(22)12-14-4-2-1-3-5-14/h14-16H,1-13,19H2. The van der Waals surface area contributed by atoms with Crippen molar-refractivity contribution in [2.24, 2.45) is 17.6 Å². The highest BCUT2D eigenvalue weighted by Gasteiger charge is 2.33. The molecule has 2 N–H and O–H groups in total. The van der Waals surface area contributed by atoms with Crippen LogP contribution in [-0.2, 0) is 9.59 Å². The fourth-order valence-corrected chi connectivity index (χ4v) is 4.44. The number of hydrogen-bond donors (Lipinski definition) is 1. The van der Waals surface area contributed by atoms with E-state index in [9.17, 15) is 9.59 Å². The van der Waals surface area contributed by atoms with Crippen LogP contribution in [0.4, 0.5) is 0 Å². The van der Waals surface area contributed by atoms with Crippen molar-refractivity contribution < 1.29 is 9.59 Å². The van der Waals surface area contributed by atoms with E-state index in [-0.39, 0.29) is 17.9 Å². The molecule has 1 heterocycles. The Hall–Kier alpha value is -1.10. The van der Waals surface area contributed by atoms with Gasteiger partial charge in [-0.15, -0.1) is 0 Å². The first-order valence-corrected chi connectivity index (χ1v) is 9.45. The van der Waals surface area contributed by atoms with Crippen molar-refractivity contribution >= 4 is 11.8 Å². The zero-order valence-electron chi connectivity index (χ0n) is 14.2. The average Bonchev–Trinajstić information content (AvgIpc) is 3.02. The first-order valence-electron chi connectivity index (χ1n) is 9.45. The molecule has 3 fully saturated rings. The molecule has 1 saturated heterocycles. The van der Waals surface area contributed by atoms with E-state index >= 15 is 0 Å². The minimum atomic E-state index is 0.120. The fraction of sp³-hybridized carbons (Fsp3) is 0.889. The Labute approximate surface area is 139 Å². The molecular formula is C18H31N3O2. The van der Waals surface area contributed by atoms with E-state index in [1.807, 2.05) is 9.80 Å². The normalized spacial score (nSPS) is 29.8. The highest BCUT2D eigenvalue weighted by atomic mass is 16.2. The van der Waals surface area contributed by atoms with Crippen LogP contribution in [0.1, 0.15) is 57.8 Å². The molecule has 0 radical (unpaired) electrons. The van der Waals surface area contributed by atoms with Gasteiger partial charge in [0.25, 0.3) is 0 Å². The number of piperazine rings is 1. The lowest BCUT2D eigenvalue weighted by molar-refractivity contribution is -0.142. The molecular weight excluding hydrogens is 290 g/mol. The van der Waals surface area contributed by atoms with Gasteiger partial charge in [0, 0.05) is 44.6 Å². The molecule has 2 aliphatic carbocycles. The van der Waals surface area contributed by atoms with Crippen molar-refractivity contribution in [3.05, 3.63) is 0 Å². The number of nitrogens with zero attached hydrogens (tertiary/aromatic N) is 2. The Balaban J connectivity index is 1.42. The minimum absolute atomic E-state index is 0.120. The smallest absolute Gasteiger partial charge is 0.225 e. The van der Waals surface area contributed by atoms with Crippen LogP contribution < -0.4 is 5.73 Å². The first-order chi connectivity index (χ1) is 11.1. The molecule has 1 aliphatic heterocycles. The number of hydrogen-bond acceptors (Lipinski definition) is 3. The Kier molecular flexibility index (Phi) is 5.57. The molecule has 5 nitrogen and oxygen atoms in total. The van der Waals surface area contributed by atoms with Crippen molar-refractivity contribution in [1.29, 1.82) is 0 Å². The van der Waals surface area contributed by atoms with Gasteiger partial charge in [0.05, 0.1) is 0 Å². The van der Waals surface area contributed by atoms with Crippen LogP contribution in [0.2, 0.25) is 0 Å². The molecule has 2 saturated carbocycles. The third kappa shape index (κ3) is 4.25. The highest BCUT2D eigenvalue weighted by Crippen LogP contribution is 2.28. The van der Waals surface area contributed by atoms with Gasteiger partial charge in [-0.3, -0.25) is 9.59 Å². The Bertz CT molecular complexity index is 426. The van der Waals surface area contributed by atoms with Crippen LogP contribution in [0.25, 0.3) is 0 Å². The van der Waals surface area contributed by atoms with Gasteiger partial charge >= 0.3 is 0 Å². The summed E-state index contributed by atoms with van der Waals surface area (Å²) in [5.41, 5.74) is 5.92. The molecule has 2 amide bonds. The van der Waals surface area contributed by atoms with Gasteiger partial charge in [-0.05, 0) is 38.0 Å². The van der Waals surface area contributed by atoms with Crippen LogP contribution in [0.5, 0.6) is 0 Å². The Morgan fingerprint density at radius 3 is 2.13 bits per heavy atom. The third-order valence-electron chi connectivity index (χ3n) is 5.95. The van der Waals surface area contributed by atoms with Crippen molar-refractivity contribution in [2.45, 2.75) is 63.8 Å². The summed E-state index contributed by atoms with van der Waals surface area (Å²) >= 11 is 0. The topological polar surface area (TPSA) is 66.6 Å². The van der Waals surface area contributed by atoms with Crippen LogP contribution >= 0.6 is 0 Å². The number of carbonyl (C=O) groups is 2. The number of carbonyl (C=O) groups excluding carboxylic acids is 2. The maximum Gasteiger partial charge on any atom is 0.225 e. The summed E-state index contributed by atoms with van der Waals surface area (Å²) in [6, 6.07) is 0.197. The maximum atomic E-state index is 12.5. The van der Waals surface area contributed by atoms with E-state index in [1.54, 1.807) is 0 Å². The summed E-state index contributed by atoms with van der Waals surface area (Å²) in [4.78, 5) is 28.9. The second-order valence-electron chi connectivity index (χ2n) is 7.68. The molecule has 3 aliphatic rings. The monoisotopic (exact) mass is 321 g/mol. The predicted molar refractivity (Wildman–Crippen MR) is 89.7 cm³/mol. The van der Waals surface area contributed by atoms with Gasteiger partial charge in [-0.2, -0.15) is 0 Å². The van der Waals surface area contributed by atoms with Gasteiger partial charge in [0.15, 0.2) is 0 Å². The van der Waals surface area contributed by atoms with Crippen LogP contribution in [0, 0.1) is 11.8 Å². The lowest BCUT2D eigenvalue weighted by atomic mass is 9.86. The van der Waals surface area contributed by atoms with E-state index in [1.165, 1.54) is 32.1 Å². The van der Waals surface area contributed by atoms with E-state index in [0.29, 0.717) is 44.4 Å². The summed E-state index contributed by atoms with van der Waals surface area (Å²) < 4.78 is 0. The third-order valence-corrected chi connectivity index (χ3v) is 5.95. The molecule has 2 atom stereocenters. The minimum Gasteiger partial charge on any atom is -0.339 e. The number of rotatable bonds is 3. The summed E-state index contributed by atoms with van der Waals surface area (Å²) in [6.07, 6.45) is 9.77. The molecule has 0 spiro atoms. The predicted octanol–water partition coefficient (Wildman–Crippen LogP) is 1.75. The summed E-state index contributed by atoms with van der Waals surface area (Å²) in [6.45, 7) is 2.80. The van der Waals surface area contributed by atoms with E-state index in [4.69, 9.17) is 5.73 Å². The van der Waals surface area contributed by atoms with E-state index < -0.39 is 0 Å². The summed E-state index contributed by atoms with van der Waals surface area (Å²) in [7, 11) is 0. The van der Waals surface area contributed by atoms with Gasteiger partial charge in [-0.25, -0.2) is 0 Å². The zero-order valence-corrected chi connectivity index (χ0v) is 14.2. The SMILES string of the molecule is NC1CCC(C(=O)N2CCN(C(=O)CC3CCCCC3)CC2)C1. The molecule has 0 bridgehead atoms. The highest BCUT2D eigenvalue weighted by molar-refractivity contribution is 5.80. The molecule has 130 valence electrons. The largest absolute Gasteiger partial charge is 0.339 e.